The van der Waals surface area contributed by atoms with Crippen molar-refractivity contribution in [2.45, 2.75) is 39.7 Å². The molecule has 0 saturated heterocycles. The number of Topliss-reactive ketones (excluding diaryl/α,β-unsaturated/α-hetero) is 1. The summed E-state index contributed by atoms with van der Waals surface area (Å²) < 4.78 is 6.51. The molecule has 28 heavy (non-hydrogen) atoms. The van der Waals surface area contributed by atoms with E-state index in [1.54, 1.807) is 6.07 Å². The molecule has 0 saturated carbocycles. The summed E-state index contributed by atoms with van der Waals surface area (Å²) in [5.74, 6) is -0.761. The highest BCUT2D eigenvalue weighted by Gasteiger charge is 2.24. The van der Waals surface area contributed by atoms with Gasteiger partial charge in [-0.3, -0.25) is 14.2 Å². The van der Waals surface area contributed by atoms with Gasteiger partial charge in [-0.1, -0.05) is 43.0 Å². The average molecular weight is 423 g/mol. The predicted molar refractivity (Wildman–Crippen MR) is 108 cm³/mol. The van der Waals surface area contributed by atoms with Crippen LogP contribution in [0.4, 0.5) is 0 Å². The number of ether oxygens (including phenoxy) is 1. The quantitative estimate of drug-likeness (QED) is 0.499. The summed E-state index contributed by atoms with van der Waals surface area (Å²) in [6, 6.07) is 6.40. The van der Waals surface area contributed by atoms with Crippen LogP contribution in [-0.4, -0.2) is 22.1 Å². The Morgan fingerprint density at radius 3 is 2.64 bits per heavy atom. The van der Waals surface area contributed by atoms with Gasteiger partial charge in [-0.15, -0.1) is 0 Å². The van der Waals surface area contributed by atoms with E-state index in [1.807, 2.05) is 13.0 Å². The zero-order valence-corrected chi connectivity index (χ0v) is 17.1. The fourth-order valence-corrected chi connectivity index (χ4v) is 3.28. The lowest BCUT2D eigenvalue weighted by Crippen LogP contribution is -2.27. The third-order valence-electron chi connectivity index (χ3n) is 4.32. The monoisotopic (exact) mass is 422 g/mol. The van der Waals surface area contributed by atoms with Gasteiger partial charge in [0.1, 0.15) is 17.4 Å². The number of ketones is 1. The maximum absolute atomic E-state index is 12.7. The molecule has 0 amide bonds. The Morgan fingerprint density at radius 1 is 1.32 bits per heavy atom. The Hall–Kier alpha value is -2.49. The van der Waals surface area contributed by atoms with Crippen molar-refractivity contribution in [2.24, 2.45) is 0 Å². The highest BCUT2D eigenvalue weighted by atomic mass is 35.5. The van der Waals surface area contributed by atoms with Gasteiger partial charge in [0.05, 0.1) is 10.6 Å². The summed E-state index contributed by atoms with van der Waals surface area (Å²) >= 11 is 11.9. The highest BCUT2D eigenvalue weighted by molar-refractivity contribution is 6.35. The number of aromatic hydroxyl groups is 1. The number of nitrogens with zero attached hydrogens (tertiary/aromatic N) is 2. The first-order chi connectivity index (χ1) is 13.3. The predicted octanol–water partition coefficient (Wildman–Crippen LogP) is 4.49. The number of benzene rings is 1. The first-order valence-corrected chi connectivity index (χ1v) is 9.54. The molecule has 148 valence electrons. The van der Waals surface area contributed by atoms with Crippen LogP contribution in [0.2, 0.25) is 10.0 Å². The molecule has 0 atom stereocenters. The smallest absolute Gasteiger partial charge is 0.271 e. The Morgan fingerprint density at radius 2 is 2.04 bits per heavy atom. The zero-order valence-electron chi connectivity index (χ0n) is 15.6. The van der Waals surface area contributed by atoms with Gasteiger partial charge in [0, 0.05) is 11.6 Å². The summed E-state index contributed by atoms with van der Waals surface area (Å²) in [6.45, 7) is 3.26. The normalized spacial score (nSPS) is 10.5. The zero-order chi connectivity index (χ0) is 20.8. The largest absolute Gasteiger partial charge is 0.494 e. The van der Waals surface area contributed by atoms with Crippen LogP contribution in [-0.2, 0) is 6.54 Å². The van der Waals surface area contributed by atoms with E-state index in [0.29, 0.717) is 11.4 Å². The number of carbonyl (C=O) groups is 1. The number of halogens is 2. The molecule has 0 fully saturated rings. The summed E-state index contributed by atoms with van der Waals surface area (Å²) in [4.78, 5) is 25.2. The second kappa shape index (κ2) is 9.63. The van der Waals surface area contributed by atoms with Crippen LogP contribution >= 0.6 is 23.2 Å². The summed E-state index contributed by atoms with van der Waals surface area (Å²) in [6.07, 6.45) is 2.42. The highest BCUT2D eigenvalue weighted by Crippen LogP contribution is 2.28. The van der Waals surface area contributed by atoms with Crippen molar-refractivity contribution in [3.05, 3.63) is 55.3 Å². The molecule has 1 N–H and O–H groups in total. The molecular formula is C20H20Cl2N2O4. The molecule has 2 aromatic rings. The van der Waals surface area contributed by atoms with E-state index in [1.165, 1.54) is 19.1 Å². The second-order valence-electron chi connectivity index (χ2n) is 6.26. The lowest BCUT2D eigenvalue weighted by Gasteiger charge is -2.16. The lowest BCUT2D eigenvalue weighted by molar-refractivity contribution is 0.0916. The van der Waals surface area contributed by atoms with Crippen LogP contribution in [0.1, 0.15) is 47.7 Å². The molecule has 0 radical (unpaired) electrons. The van der Waals surface area contributed by atoms with E-state index in [2.05, 4.69) is 0 Å². The number of rotatable bonds is 8. The van der Waals surface area contributed by atoms with Crippen LogP contribution < -0.4 is 10.3 Å². The number of carbonyl (C=O) groups excluding carboxylic acids is 1. The van der Waals surface area contributed by atoms with Gasteiger partial charge < -0.3 is 9.84 Å². The minimum atomic E-state index is -0.605. The van der Waals surface area contributed by atoms with E-state index < -0.39 is 23.8 Å². The molecule has 0 aliphatic heterocycles. The van der Waals surface area contributed by atoms with Crippen LogP contribution in [0.5, 0.6) is 11.6 Å². The lowest BCUT2D eigenvalue weighted by atomic mass is 10.0. The molecule has 0 aliphatic carbocycles. The minimum Gasteiger partial charge on any atom is -0.494 e. The molecule has 1 aromatic heterocycles. The Bertz CT molecular complexity index is 993. The summed E-state index contributed by atoms with van der Waals surface area (Å²) in [5.41, 5.74) is -0.737. The van der Waals surface area contributed by atoms with Gasteiger partial charge in [0.25, 0.3) is 5.56 Å². The molecular weight excluding hydrogens is 403 g/mol. The molecule has 8 heteroatoms. The number of pyridine rings is 1. The SMILES string of the molecule is CCCCCn1c(O)c(C(=O)COc2ccc(Cl)cc2Cl)c(C)c(C#N)c1=O. The van der Waals surface area contributed by atoms with Gasteiger partial charge in [0.15, 0.2) is 6.61 Å². The van der Waals surface area contributed by atoms with E-state index in [0.717, 1.165) is 17.4 Å². The second-order valence-corrected chi connectivity index (χ2v) is 7.10. The van der Waals surface area contributed by atoms with E-state index in [9.17, 15) is 20.0 Å². The number of aromatic nitrogens is 1. The third-order valence-corrected chi connectivity index (χ3v) is 4.85. The standard InChI is InChI=1S/C20H20Cl2N2O4/c1-3-4-5-8-24-19(26)14(10-23)12(2)18(20(24)27)16(25)11-28-17-7-6-13(21)9-15(17)22/h6-7,9,27H,3-5,8,11H2,1-2H3. The summed E-state index contributed by atoms with van der Waals surface area (Å²) in [5, 5.41) is 20.6. The van der Waals surface area contributed by atoms with Crippen LogP contribution in [0.3, 0.4) is 0 Å². The van der Waals surface area contributed by atoms with Gasteiger partial charge in [-0.05, 0) is 37.1 Å². The Balaban J connectivity index is 2.37. The van der Waals surface area contributed by atoms with Gasteiger partial charge >= 0.3 is 0 Å². The van der Waals surface area contributed by atoms with Crippen molar-refractivity contribution in [2.75, 3.05) is 6.61 Å². The fourth-order valence-electron chi connectivity index (χ4n) is 2.82. The molecule has 6 nitrogen and oxygen atoms in total. The number of nitriles is 1. The average Bonchev–Trinajstić information content (AvgIpc) is 2.64. The Labute approximate surface area is 172 Å². The molecule has 0 aliphatic rings. The van der Waals surface area contributed by atoms with Gasteiger partial charge in [-0.2, -0.15) is 5.26 Å². The van der Waals surface area contributed by atoms with Crippen molar-refractivity contribution >= 4 is 29.0 Å². The maximum atomic E-state index is 12.7. The van der Waals surface area contributed by atoms with E-state index >= 15 is 0 Å². The topological polar surface area (TPSA) is 92.3 Å². The first-order valence-electron chi connectivity index (χ1n) is 8.79. The van der Waals surface area contributed by atoms with Crippen molar-refractivity contribution < 1.29 is 14.6 Å². The van der Waals surface area contributed by atoms with Crippen molar-refractivity contribution in [1.29, 1.82) is 5.26 Å². The number of hydrogen-bond donors (Lipinski definition) is 1. The molecule has 2 rings (SSSR count). The fraction of sp³-hybridized carbons (Fsp3) is 0.350. The van der Waals surface area contributed by atoms with Crippen molar-refractivity contribution in [3.63, 3.8) is 0 Å². The molecule has 1 heterocycles. The molecule has 1 aromatic carbocycles. The van der Waals surface area contributed by atoms with Gasteiger partial charge in [-0.25, -0.2) is 0 Å². The van der Waals surface area contributed by atoms with Crippen LogP contribution in [0.25, 0.3) is 0 Å². The molecule has 0 unspecified atom stereocenters. The molecule has 0 spiro atoms. The maximum Gasteiger partial charge on any atom is 0.271 e. The number of unbranched alkanes of at least 4 members (excludes halogenated alkanes) is 2. The number of hydrogen-bond acceptors (Lipinski definition) is 5. The third kappa shape index (κ3) is 4.67. The van der Waals surface area contributed by atoms with Gasteiger partial charge in [0.2, 0.25) is 11.7 Å². The molecule has 0 bridgehead atoms. The Kier molecular flexibility index (Phi) is 7.50. The minimum absolute atomic E-state index is 0.0993. The summed E-state index contributed by atoms with van der Waals surface area (Å²) in [7, 11) is 0. The van der Waals surface area contributed by atoms with Crippen LogP contribution in [0, 0.1) is 18.3 Å². The van der Waals surface area contributed by atoms with Crippen molar-refractivity contribution in [1.82, 2.24) is 4.57 Å². The van der Waals surface area contributed by atoms with Crippen LogP contribution in [0.15, 0.2) is 23.0 Å². The van der Waals surface area contributed by atoms with E-state index in [4.69, 9.17) is 27.9 Å². The van der Waals surface area contributed by atoms with Crippen molar-refractivity contribution in [3.8, 4) is 17.7 Å². The first kappa shape index (κ1) is 21.8. The van der Waals surface area contributed by atoms with E-state index in [-0.39, 0.29) is 34.0 Å².